The van der Waals surface area contributed by atoms with Crippen LogP contribution in [0.2, 0.25) is 0 Å². The molecule has 1 fully saturated rings. The van der Waals surface area contributed by atoms with Gasteiger partial charge in [0.25, 0.3) is 0 Å². The number of carbonyl (C=O) groups is 4. The standard InChI is InChI=1S/C27H31O11P/c1-15-8-9-17-18(10-15)21(25(30)35-6)22(26(31)36-7)19(11-16(24(29)34-5)12-20(28)33-4)23(17)39(32)37-13-27(2,3)14-38-39/h8-10,12H,11,13-14H2,1-7H3/b16-12-. The second-order valence-electron chi connectivity index (χ2n) is 9.68. The maximum Gasteiger partial charge on any atom is 0.362 e. The molecule has 1 aliphatic heterocycles. The number of fused-ring (bicyclic) bond motifs is 1. The Morgan fingerprint density at radius 2 is 1.49 bits per heavy atom. The maximum atomic E-state index is 14.4. The van der Waals surface area contributed by atoms with E-state index in [9.17, 15) is 23.7 Å². The summed E-state index contributed by atoms with van der Waals surface area (Å²) in [7, 11) is 0.312. The summed E-state index contributed by atoms with van der Waals surface area (Å²) in [6.45, 7) is 5.64. The molecule has 0 amide bonds. The quantitative estimate of drug-likeness (QED) is 0.212. The fraction of sp³-hybridized carbons (Fsp3) is 0.407. The number of carbonyl (C=O) groups excluding carboxylic acids is 4. The number of ether oxygens (including phenoxy) is 4. The normalized spacial score (nSPS) is 16.3. The molecule has 0 bridgehead atoms. The van der Waals surface area contributed by atoms with E-state index in [1.807, 2.05) is 13.8 Å². The molecule has 0 radical (unpaired) electrons. The summed E-state index contributed by atoms with van der Waals surface area (Å²) >= 11 is 0. The van der Waals surface area contributed by atoms with Gasteiger partial charge in [-0.05, 0) is 23.3 Å². The molecule has 0 N–H and O–H groups in total. The van der Waals surface area contributed by atoms with Crippen molar-refractivity contribution >= 4 is 47.5 Å². The lowest BCUT2D eigenvalue weighted by atomic mass is 9.89. The average Bonchev–Trinajstić information content (AvgIpc) is 2.92. The Hall–Kier alpha value is -3.53. The average molecular weight is 563 g/mol. The number of aryl methyl sites for hydroxylation is 1. The molecule has 210 valence electrons. The third kappa shape index (κ3) is 6.06. The van der Waals surface area contributed by atoms with Crippen molar-refractivity contribution in [1.29, 1.82) is 0 Å². The van der Waals surface area contributed by atoms with E-state index in [4.69, 9.17) is 23.3 Å². The number of hydrogen-bond donors (Lipinski definition) is 0. The molecule has 1 heterocycles. The van der Waals surface area contributed by atoms with Crippen molar-refractivity contribution in [3.63, 3.8) is 0 Å². The van der Waals surface area contributed by atoms with Gasteiger partial charge in [-0.3, -0.25) is 4.57 Å². The first-order valence-corrected chi connectivity index (χ1v) is 13.4. The summed E-state index contributed by atoms with van der Waals surface area (Å²) in [6.07, 6.45) is 0.394. The lowest BCUT2D eigenvalue weighted by Crippen LogP contribution is -2.34. The van der Waals surface area contributed by atoms with Crippen LogP contribution in [0.25, 0.3) is 10.8 Å². The van der Waals surface area contributed by atoms with Crippen LogP contribution in [0.15, 0.2) is 29.8 Å². The largest absolute Gasteiger partial charge is 0.466 e. The van der Waals surface area contributed by atoms with Gasteiger partial charge >= 0.3 is 31.5 Å². The Bertz CT molecular complexity index is 1410. The molecule has 0 unspecified atom stereocenters. The Kier molecular flexibility index (Phi) is 9.00. The predicted molar refractivity (Wildman–Crippen MR) is 140 cm³/mol. The second-order valence-corrected chi connectivity index (χ2v) is 11.6. The van der Waals surface area contributed by atoms with Gasteiger partial charge in [-0.15, -0.1) is 0 Å². The van der Waals surface area contributed by atoms with E-state index >= 15 is 0 Å². The predicted octanol–water partition coefficient (Wildman–Crippen LogP) is 3.43. The fourth-order valence-electron chi connectivity index (χ4n) is 4.20. The molecule has 0 aromatic heterocycles. The lowest BCUT2D eigenvalue weighted by molar-refractivity contribution is -0.138. The van der Waals surface area contributed by atoms with Crippen LogP contribution in [-0.2, 0) is 48.6 Å². The molecular weight excluding hydrogens is 531 g/mol. The zero-order valence-corrected chi connectivity index (χ0v) is 23.8. The van der Waals surface area contributed by atoms with Gasteiger partial charge in [0, 0.05) is 23.5 Å². The number of benzene rings is 2. The third-order valence-electron chi connectivity index (χ3n) is 6.15. The SMILES string of the molecule is COC(=O)/C=C(/Cc1c(C(=O)OC)c(C(=O)OC)c2cc(C)ccc2c1P1(=O)OCC(C)(C)CO1)C(=O)OC. The first-order chi connectivity index (χ1) is 18.3. The van der Waals surface area contributed by atoms with Crippen LogP contribution in [-0.4, -0.2) is 65.5 Å². The topological polar surface area (TPSA) is 141 Å². The highest BCUT2D eigenvalue weighted by atomic mass is 31.2. The molecule has 11 nitrogen and oxygen atoms in total. The monoisotopic (exact) mass is 562 g/mol. The van der Waals surface area contributed by atoms with Gasteiger partial charge in [0.15, 0.2) is 0 Å². The van der Waals surface area contributed by atoms with E-state index in [-0.39, 0.29) is 51.6 Å². The summed E-state index contributed by atoms with van der Waals surface area (Å²) < 4.78 is 45.7. The van der Waals surface area contributed by atoms with Gasteiger partial charge in [0.2, 0.25) is 0 Å². The first kappa shape index (κ1) is 30.0. The van der Waals surface area contributed by atoms with Crippen LogP contribution in [0.3, 0.4) is 0 Å². The smallest absolute Gasteiger partial charge is 0.362 e. The molecule has 2 aromatic carbocycles. The zero-order chi connectivity index (χ0) is 29.1. The van der Waals surface area contributed by atoms with Crippen LogP contribution >= 0.6 is 7.60 Å². The van der Waals surface area contributed by atoms with Crippen LogP contribution in [0, 0.1) is 12.3 Å². The molecule has 1 aliphatic rings. The van der Waals surface area contributed by atoms with E-state index in [2.05, 4.69) is 4.74 Å². The first-order valence-electron chi connectivity index (χ1n) is 11.8. The highest BCUT2D eigenvalue weighted by molar-refractivity contribution is 7.63. The Morgan fingerprint density at radius 3 is 2.03 bits per heavy atom. The highest BCUT2D eigenvalue weighted by Crippen LogP contribution is 2.55. The van der Waals surface area contributed by atoms with Crippen LogP contribution in [0.4, 0.5) is 0 Å². The van der Waals surface area contributed by atoms with Crippen LogP contribution in [0.1, 0.15) is 45.7 Å². The Morgan fingerprint density at radius 1 is 0.897 bits per heavy atom. The minimum Gasteiger partial charge on any atom is -0.466 e. The van der Waals surface area contributed by atoms with E-state index in [0.717, 1.165) is 40.1 Å². The maximum absolute atomic E-state index is 14.4. The molecule has 0 atom stereocenters. The van der Waals surface area contributed by atoms with Gasteiger partial charge in [-0.1, -0.05) is 37.6 Å². The summed E-state index contributed by atoms with van der Waals surface area (Å²) in [5.74, 6) is -3.64. The number of hydrogen-bond acceptors (Lipinski definition) is 11. The molecule has 0 spiro atoms. The fourth-order valence-corrected chi connectivity index (χ4v) is 6.58. The zero-order valence-electron chi connectivity index (χ0n) is 22.9. The van der Waals surface area contributed by atoms with Gasteiger partial charge < -0.3 is 28.0 Å². The summed E-state index contributed by atoms with van der Waals surface area (Å²) in [6, 6.07) is 4.97. The molecule has 39 heavy (non-hydrogen) atoms. The van der Waals surface area contributed by atoms with Crippen molar-refractivity contribution in [2.75, 3.05) is 41.7 Å². The molecule has 2 aromatic rings. The van der Waals surface area contributed by atoms with Gasteiger partial charge in [0.1, 0.15) is 0 Å². The summed E-state index contributed by atoms with van der Waals surface area (Å²) in [4.78, 5) is 51.3. The van der Waals surface area contributed by atoms with Crippen molar-refractivity contribution in [2.45, 2.75) is 27.2 Å². The minimum atomic E-state index is -4.17. The van der Waals surface area contributed by atoms with E-state index in [1.54, 1.807) is 25.1 Å². The molecule has 1 saturated heterocycles. The third-order valence-corrected chi connectivity index (χ3v) is 8.15. The van der Waals surface area contributed by atoms with Crippen molar-refractivity contribution in [1.82, 2.24) is 0 Å². The highest BCUT2D eigenvalue weighted by Gasteiger charge is 2.43. The summed E-state index contributed by atoms with van der Waals surface area (Å²) in [5, 5.41) is 0.472. The second kappa shape index (κ2) is 11.7. The van der Waals surface area contributed by atoms with Crippen molar-refractivity contribution in [3.8, 4) is 0 Å². The van der Waals surface area contributed by atoms with Gasteiger partial charge in [-0.25, -0.2) is 19.2 Å². The van der Waals surface area contributed by atoms with Gasteiger partial charge in [0.05, 0.1) is 58.1 Å². The minimum absolute atomic E-state index is 0.0410. The Balaban J connectivity index is 2.56. The molecule has 3 rings (SSSR count). The van der Waals surface area contributed by atoms with Crippen LogP contribution < -0.4 is 5.30 Å². The van der Waals surface area contributed by atoms with Crippen LogP contribution in [0.5, 0.6) is 0 Å². The van der Waals surface area contributed by atoms with Crippen molar-refractivity contribution in [2.24, 2.45) is 5.41 Å². The molecule has 12 heteroatoms. The molecule has 0 saturated carbocycles. The number of methoxy groups -OCH3 is 4. The molecule has 0 aliphatic carbocycles. The molecular formula is C27H31O11P. The number of esters is 4. The lowest BCUT2D eigenvalue weighted by Gasteiger charge is -2.35. The van der Waals surface area contributed by atoms with Gasteiger partial charge in [-0.2, -0.15) is 0 Å². The Labute approximate surface area is 225 Å². The number of rotatable bonds is 7. The van der Waals surface area contributed by atoms with Crippen molar-refractivity contribution in [3.05, 3.63) is 52.1 Å². The summed E-state index contributed by atoms with van der Waals surface area (Å²) in [5.41, 5.74) is -0.547. The van der Waals surface area contributed by atoms with E-state index in [0.29, 0.717) is 0 Å². The van der Waals surface area contributed by atoms with Crippen molar-refractivity contribution < 1.29 is 51.7 Å². The van der Waals surface area contributed by atoms with E-state index < -0.39 is 43.3 Å². The van der Waals surface area contributed by atoms with E-state index in [1.165, 1.54) is 0 Å².